The van der Waals surface area contributed by atoms with Gasteiger partial charge >= 0.3 is 5.97 Å². The van der Waals surface area contributed by atoms with Gasteiger partial charge in [0.15, 0.2) is 0 Å². The highest BCUT2D eigenvalue weighted by atomic mass is 32.2. The summed E-state index contributed by atoms with van der Waals surface area (Å²) in [4.78, 5) is 10.5. The molecule has 96 valence electrons. The first kappa shape index (κ1) is 13.9. The highest BCUT2D eigenvalue weighted by Crippen LogP contribution is 2.10. The van der Waals surface area contributed by atoms with Gasteiger partial charge in [0.2, 0.25) is 0 Å². The highest BCUT2D eigenvalue weighted by Gasteiger charge is 2.12. The molecule has 0 fully saturated rings. The number of aromatic carboxylic acids is 1. The molecule has 0 aliphatic heterocycles. The van der Waals surface area contributed by atoms with Gasteiger partial charge in [0, 0.05) is 22.8 Å². The summed E-state index contributed by atoms with van der Waals surface area (Å²) in [6.45, 7) is 0. The van der Waals surface area contributed by atoms with E-state index < -0.39 is 26.6 Å². The number of hydrogen-bond acceptors (Lipinski definition) is 5. The van der Waals surface area contributed by atoms with Crippen LogP contribution in [0.4, 0.5) is 0 Å². The van der Waals surface area contributed by atoms with E-state index in [2.05, 4.69) is 0 Å². The number of carboxylic acid groups (broad SMARTS) is 1. The Kier molecular flexibility index (Phi) is 4.47. The predicted octanol–water partition coefficient (Wildman–Crippen LogP) is 0.271. The fourth-order valence-electron chi connectivity index (χ4n) is 1.04. The lowest BCUT2D eigenvalue weighted by Gasteiger charge is -1.98. The molecule has 0 saturated carbocycles. The van der Waals surface area contributed by atoms with Crippen molar-refractivity contribution >= 4 is 26.6 Å². The molecule has 6 nitrogen and oxygen atoms in total. The fraction of sp³-hybridized carbons (Fsp3) is 0.444. The summed E-state index contributed by atoms with van der Waals surface area (Å²) in [6, 6.07) is 1.28. The molecule has 1 unspecified atom stereocenters. The number of furan rings is 1. The highest BCUT2D eigenvalue weighted by molar-refractivity contribution is 7.92. The molecular formula is C9H12O6S2. The second-order valence-corrected chi connectivity index (χ2v) is 7.36. The van der Waals surface area contributed by atoms with Crippen LogP contribution in [0, 0.1) is 0 Å². The van der Waals surface area contributed by atoms with Gasteiger partial charge in [-0.05, 0) is 6.07 Å². The number of carboxylic acids is 1. The zero-order valence-electron chi connectivity index (χ0n) is 9.08. The normalized spacial score (nSPS) is 13.5. The quantitative estimate of drug-likeness (QED) is 0.802. The van der Waals surface area contributed by atoms with E-state index in [1.165, 1.54) is 6.07 Å². The molecule has 1 N–H and O–H groups in total. The fourth-order valence-corrected chi connectivity index (χ4v) is 3.61. The molecular weight excluding hydrogens is 268 g/mol. The van der Waals surface area contributed by atoms with Gasteiger partial charge in [-0.2, -0.15) is 0 Å². The summed E-state index contributed by atoms with van der Waals surface area (Å²) >= 11 is 0. The molecule has 1 rings (SSSR count). The third-order valence-electron chi connectivity index (χ3n) is 1.89. The summed E-state index contributed by atoms with van der Waals surface area (Å²) < 4.78 is 38.1. The van der Waals surface area contributed by atoms with Crippen LogP contribution in [0.15, 0.2) is 16.7 Å². The van der Waals surface area contributed by atoms with E-state index in [4.69, 9.17) is 9.52 Å². The average molecular weight is 280 g/mol. The molecule has 0 radical (unpaired) electrons. The first-order valence-corrected chi connectivity index (χ1v) is 8.16. The standard InChI is InChI=1S/C9H12O6S2/c1-17(13,14)3-2-16(12)6-8-4-7(5-15-8)9(10)11/h4-5H,2-3,6H2,1H3,(H,10,11). The summed E-state index contributed by atoms with van der Waals surface area (Å²) in [6.07, 6.45) is 2.13. The molecule has 1 heterocycles. The second kappa shape index (κ2) is 5.46. The zero-order chi connectivity index (χ0) is 13.1. The van der Waals surface area contributed by atoms with Gasteiger partial charge in [0.25, 0.3) is 0 Å². The van der Waals surface area contributed by atoms with E-state index >= 15 is 0 Å². The predicted molar refractivity (Wildman–Crippen MR) is 62.1 cm³/mol. The SMILES string of the molecule is CS(=O)(=O)CCS(=O)Cc1cc(C(=O)O)co1. The lowest BCUT2D eigenvalue weighted by molar-refractivity contribution is 0.0696. The first-order valence-electron chi connectivity index (χ1n) is 4.61. The Labute approximate surface area is 101 Å². The number of sulfone groups is 1. The van der Waals surface area contributed by atoms with E-state index in [1.54, 1.807) is 0 Å². The lowest BCUT2D eigenvalue weighted by atomic mass is 10.3. The van der Waals surface area contributed by atoms with Gasteiger partial charge in [-0.3, -0.25) is 4.21 Å². The van der Waals surface area contributed by atoms with Crippen molar-refractivity contribution in [2.45, 2.75) is 5.75 Å². The van der Waals surface area contributed by atoms with Crippen molar-refractivity contribution in [3.8, 4) is 0 Å². The Bertz CT molecular complexity index is 527. The minimum Gasteiger partial charge on any atom is -0.478 e. The summed E-state index contributed by atoms with van der Waals surface area (Å²) in [7, 11) is -4.52. The van der Waals surface area contributed by atoms with E-state index in [0.717, 1.165) is 12.5 Å². The number of hydrogen-bond donors (Lipinski definition) is 1. The average Bonchev–Trinajstić information content (AvgIpc) is 2.62. The minimum atomic E-state index is -3.14. The Morgan fingerprint density at radius 2 is 2.18 bits per heavy atom. The molecule has 0 aromatic carbocycles. The van der Waals surface area contributed by atoms with Crippen LogP contribution in [0.2, 0.25) is 0 Å². The van der Waals surface area contributed by atoms with Crippen molar-refractivity contribution in [3.63, 3.8) is 0 Å². The third-order valence-corrected chi connectivity index (χ3v) is 4.36. The topological polar surface area (TPSA) is 102 Å². The van der Waals surface area contributed by atoms with Crippen molar-refractivity contribution in [2.75, 3.05) is 17.8 Å². The monoisotopic (exact) mass is 280 g/mol. The van der Waals surface area contributed by atoms with Crippen LogP contribution in [-0.2, 0) is 26.4 Å². The van der Waals surface area contributed by atoms with Gasteiger partial charge in [-0.25, -0.2) is 13.2 Å². The van der Waals surface area contributed by atoms with Crippen molar-refractivity contribution in [2.24, 2.45) is 0 Å². The molecule has 1 atom stereocenters. The van der Waals surface area contributed by atoms with Crippen LogP contribution in [-0.4, -0.2) is 41.5 Å². The van der Waals surface area contributed by atoms with Crippen LogP contribution in [0.1, 0.15) is 16.1 Å². The van der Waals surface area contributed by atoms with Gasteiger partial charge in [0.05, 0.1) is 17.1 Å². The molecule has 1 aromatic heterocycles. The van der Waals surface area contributed by atoms with Crippen molar-refractivity contribution in [3.05, 3.63) is 23.7 Å². The summed E-state index contributed by atoms with van der Waals surface area (Å²) in [5.41, 5.74) is -0.0138. The Morgan fingerprint density at radius 1 is 1.53 bits per heavy atom. The smallest absolute Gasteiger partial charge is 0.338 e. The molecule has 0 spiro atoms. The van der Waals surface area contributed by atoms with Crippen LogP contribution < -0.4 is 0 Å². The van der Waals surface area contributed by atoms with Crippen LogP contribution in [0.25, 0.3) is 0 Å². The maximum absolute atomic E-state index is 11.5. The molecule has 17 heavy (non-hydrogen) atoms. The van der Waals surface area contributed by atoms with Gasteiger partial charge in [-0.1, -0.05) is 0 Å². The zero-order valence-corrected chi connectivity index (χ0v) is 10.7. The van der Waals surface area contributed by atoms with Crippen LogP contribution >= 0.6 is 0 Å². The summed E-state index contributed by atoms with van der Waals surface area (Å²) in [5.74, 6) is -0.979. The maximum atomic E-state index is 11.5. The van der Waals surface area contributed by atoms with Crippen molar-refractivity contribution in [1.29, 1.82) is 0 Å². The number of rotatable bonds is 6. The van der Waals surface area contributed by atoms with Crippen molar-refractivity contribution in [1.82, 2.24) is 0 Å². The molecule has 0 bridgehead atoms. The molecule has 0 amide bonds. The molecule has 0 aliphatic carbocycles. The van der Waals surface area contributed by atoms with E-state index in [1.807, 2.05) is 0 Å². The lowest BCUT2D eigenvalue weighted by Crippen LogP contribution is -2.12. The number of carbonyl (C=O) groups is 1. The Balaban J connectivity index is 2.53. The van der Waals surface area contributed by atoms with E-state index in [9.17, 15) is 17.4 Å². The van der Waals surface area contributed by atoms with Gasteiger partial charge in [-0.15, -0.1) is 0 Å². The van der Waals surface area contributed by atoms with E-state index in [0.29, 0.717) is 0 Å². The largest absolute Gasteiger partial charge is 0.478 e. The third kappa shape index (κ3) is 5.14. The minimum absolute atomic E-state index is 0.0138. The molecule has 0 saturated heterocycles. The van der Waals surface area contributed by atoms with Crippen molar-refractivity contribution < 1.29 is 26.9 Å². The summed E-state index contributed by atoms with van der Waals surface area (Å²) in [5, 5.41) is 8.63. The maximum Gasteiger partial charge on any atom is 0.338 e. The van der Waals surface area contributed by atoms with E-state index in [-0.39, 0.29) is 28.6 Å². The van der Waals surface area contributed by atoms with Gasteiger partial charge in [0.1, 0.15) is 21.9 Å². The molecule has 8 heteroatoms. The van der Waals surface area contributed by atoms with Crippen LogP contribution in [0.3, 0.4) is 0 Å². The molecule has 1 aromatic rings. The Morgan fingerprint density at radius 3 is 2.65 bits per heavy atom. The molecule has 0 aliphatic rings. The van der Waals surface area contributed by atoms with Gasteiger partial charge < -0.3 is 9.52 Å². The second-order valence-electron chi connectivity index (χ2n) is 3.53. The van der Waals surface area contributed by atoms with Crippen LogP contribution in [0.5, 0.6) is 0 Å². The Hall–Kier alpha value is -1.15. The first-order chi connectivity index (χ1) is 7.78.